The van der Waals surface area contributed by atoms with Gasteiger partial charge in [0.2, 0.25) is 0 Å². The average Bonchev–Trinajstić information content (AvgIpc) is 3.04. The molecule has 3 aromatic rings. The first-order valence-electron chi connectivity index (χ1n) is 7.62. The molecule has 10 heteroatoms. The summed E-state index contributed by atoms with van der Waals surface area (Å²) in [6, 6.07) is 1.40. The van der Waals surface area contributed by atoms with Crippen molar-refractivity contribution >= 4 is 16.9 Å². The molecule has 1 unspecified atom stereocenters. The number of halogens is 3. The number of pyridine rings is 1. The number of carbonyl (C=O) groups is 1. The lowest BCUT2D eigenvalue weighted by Gasteiger charge is -2.25. The second-order valence-corrected chi connectivity index (χ2v) is 5.80. The van der Waals surface area contributed by atoms with Gasteiger partial charge in [-0.2, -0.15) is 18.2 Å². The predicted molar refractivity (Wildman–Crippen MR) is 84.7 cm³/mol. The van der Waals surface area contributed by atoms with Crippen LogP contribution < -0.4 is 10.1 Å². The van der Waals surface area contributed by atoms with Gasteiger partial charge >= 0.3 is 12.2 Å². The van der Waals surface area contributed by atoms with Crippen molar-refractivity contribution in [3.8, 4) is 17.3 Å². The van der Waals surface area contributed by atoms with Crippen LogP contribution in [0.15, 0.2) is 24.5 Å². The molecule has 0 bridgehead atoms. The molecule has 1 amide bonds. The Kier molecular flexibility index (Phi) is 3.56. The minimum atomic E-state index is -4.51. The van der Waals surface area contributed by atoms with Crippen LogP contribution in [0, 0.1) is 0 Å². The second-order valence-electron chi connectivity index (χ2n) is 5.80. The van der Waals surface area contributed by atoms with Gasteiger partial charge in [0.15, 0.2) is 0 Å². The zero-order valence-electron chi connectivity index (χ0n) is 13.4. The highest BCUT2D eigenvalue weighted by Gasteiger charge is 2.44. The monoisotopic (exact) mass is 363 g/mol. The number of amides is 1. The van der Waals surface area contributed by atoms with Crippen molar-refractivity contribution < 1.29 is 22.7 Å². The van der Waals surface area contributed by atoms with Gasteiger partial charge in [0.05, 0.1) is 18.9 Å². The van der Waals surface area contributed by atoms with Gasteiger partial charge in [0, 0.05) is 29.6 Å². The Labute approximate surface area is 144 Å². The maximum Gasteiger partial charge on any atom is 0.409 e. The van der Waals surface area contributed by atoms with Crippen LogP contribution in [-0.2, 0) is 6.42 Å². The second kappa shape index (κ2) is 5.68. The molecule has 7 nitrogen and oxygen atoms in total. The van der Waals surface area contributed by atoms with Gasteiger partial charge in [-0.05, 0) is 12.1 Å². The van der Waals surface area contributed by atoms with Gasteiger partial charge < -0.3 is 15.0 Å². The number of ether oxygens (including phenoxy) is 1. The number of aromatic amines is 1. The fraction of sp³-hybridized carbons (Fsp3) is 0.250. The normalized spacial score (nSPS) is 17.1. The minimum Gasteiger partial charge on any atom is -0.467 e. The summed E-state index contributed by atoms with van der Waals surface area (Å²) in [5, 5.41) is 1.99. The Balaban J connectivity index is 1.82. The molecule has 4 rings (SSSR count). The summed E-state index contributed by atoms with van der Waals surface area (Å²) >= 11 is 0. The standard InChI is InChI=1S/C16H12F3N5O2/c1-26-15-21-6-11-13(24-15)7(2-3-20-11)9-4-8-10(22-9)5-12(16(17,18)19)23-14(8)25/h2-4,6,12,22H,5H2,1H3,(H,23,25). The van der Waals surface area contributed by atoms with Crippen molar-refractivity contribution in [1.29, 1.82) is 0 Å². The number of aromatic nitrogens is 4. The van der Waals surface area contributed by atoms with E-state index in [-0.39, 0.29) is 23.7 Å². The fourth-order valence-electron chi connectivity index (χ4n) is 2.93. The topological polar surface area (TPSA) is 92.8 Å². The van der Waals surface area contributed by atoms with E-state index in [9.17, 15) is 18.0 Å². The van der Waals surface area contributed by atoms with Crippen molar-refractivity contribution in [3.05, 3.63) is 35.8 Å². The van der Waals surface area contributed by atoms with Crippen LogP contribution in [0.1, 0.15) is 16.1 Å². The van der Waals surface area contributed by atoms with E-state index in [1.165, 1.54) is 25.6 Å². The quantitative estimate of drug-likeness (QED) is 0.729. The lowest BCUT2D eigenvalue weighted by Crippen LogP contribution is -2.49. The van der Waals surface area contributed by atoms with Crippen molar-refractivity contribution in [2.45, 2.75) is 18.6 Å². The first kappa shape index (κ1) is 16.3. The molecule has 1 atom stereocenters. The van der Waals surface area contributed by atoms with Crippen molar-refractivity contribution in [2.24, 2.45) is 0 Å². The molecule has 3 aromatic heterocycles. The molecule has 0 aromatic carbocycles. The number of H-pyrrole nitrogens is 1. The van der Waals surface area contributed by atoms with Crippen LogP contribution in [0.2, 0.25) is 0 Å². The van der Waals surface area contributed by atoms with Crippen molar-refractivity contribution in [2.75, 3.05) is 7.11 Å². The highest BCUT2D eigenvalue weighted by Crippen LogP contribution is 2.32. The predicted octanol–water partition coefficient (Wildman–Crippen LogP) is 2.25. The van der Waals surface area contributed by atoms with E-state index in [1.54, 1.807) is 6.07 Å². The third-order valence-electron chi connectivity index (χ3n) is 4.18. The molecule has 0 fully saturated rings. The van der Waals surface area contributed by atoms with E-state index in [0.717, 1.165) is 0 Å². The third kappa shape index (κ3) is 2.63. The van der Waals surface area contributed by atoms with Crippen molar-refractivity contribution in [1.82, 2.24) is 25.3 Å². The molecular weight excluding hydrogens is 351 g/mol. The number of rotatable bonds is 2. The van der Waals surface area contributed by atoms with Crippen LogP contribution >= 0.6 is 0 Å². The SMILES string of the molecule is COc1ncc2nccc(-c3cc4c([nH]3)CC(C(F)(F)F)NC4=O)c2n1. The summed E-state index contributed by atoms with van der Waals surface area (Å²) in [6.45, 7) is 0. The van der Waals surface area contributed by atoms with Gasteiger partial charge in [0.1, 0.15) is 17.1 Å². The molecular formula is C16H12F3N5O2. The van der Waals surface area contributed by atoms with Gasteiger partial charge in [-0.15, -0.1) is 0 Å². The molecule has 0 saturated carbocycles. The van der Waals surface area contributed by atoms with Crippen LogP contribution in [0.5, 0.6) is 6.01 Å². The van der Waals surface area contributed by atoms with Crippen LogP contribution in [-0.4, -0.2) is 45.2 Å². The van der Waals surface area contributed by atoms with Gasteiger partial charge in [-0.25, -0.2) is 4.98 Å². The van der Waals surface area contributed by atoms with E-state index in [1.807, 2.05) is 5.32 Å². The number of nitrogens with zero attached hydrogens (tertiary/aromatic N) is 3. The summed E-state index contributed by atoms with van der Waals surface area (Å²) < 4.78 is 43.9. The van der Waals surface area contributed by atoms with Gasteiger partial charge in [-0.3, -0.25) is 9.78 Å². The minimum absolute atomic E-state index is 0.137. The van der Waals surface area contributed by atoms with Crippen molar-refractivity contribution in [3.63, 3.8) is 0 Å². The van der Waals surface area contributed by atoms with Crippen LogP contribution in [0.3, 0.4) is 0 Å². The molecule has 0 radical (unpaired) electrons. The molecule has 2 N–H and O–H groups in total. The maximum absolute atomic E-state index is 13.0. The zero-order valence-corrected chi connectivity index (χ0v) is 13.4. The van der Waals surface area contributed by atoms with E-state index in [2.05, 4.69) is 19.9 Å². The summed E-state index contributed by atoms with van der Waals surface area (Å²) in [5.41, 5.74) is 2.44. The summed E-state index contributed by atoms with van der Waals surface area (Å²) in [4.78, 5) is 27.4. The Morgan fingerprint density at radius 2 is 2.08 bits per heavy atom. The Morgan fingerprint density at radius 3 is 2.81 bits per heavy atom. The van der Waals surface area contributed by atoms with E-state index < -0.39 is 18.1 Å². The van der Waals surface area contributed by atoms with Gasteiger partial charge in [0.25, 0.3) is 5.91 Å². The fourth-order valence-corrected chi connectivity index (χ4v) is 2.93. The lowest BCUT2D eigenvalue weighted by atomic mass is 10.0. The van der Waals surface area contributed by atoms with E-state index in [0.29, 0.717) is 22.3 Å². The molecule has 1 aliphatic heterocycles. The Morgan fingerprint density at radius 1 is 1.27 bits per heavy atom. The summed E-state index contributed by atoms with van der Waals surface area (Å²) in [6.07, 6.45) is -1.85. The number of carbonyl (C=O) groups excluding carboxylic acids is 1. The summed E-state index contributed by atoms with van der Waals surface area (Å²) in [7, 11) is 1.42. The first-order valence-corrected chi connectivity index (χ1v) is 7.62. The molecule has 26 heavy (non-hydrogen) atoms. The van der Waals surface area contributed by atoms with Crippen LogP contribution in [0.25, 0.3) is 22.3 Å². The Hall–Kier alpha value is -3.17. The zero-order chi connectivity index (χ0) is 18.5. The molecule has 0 aliphatic carbocycles. The smallest absolute Gasteiger partial charge is 0.409 e. The molecule has 0 saturated heterocycles. The molecule has 4 heterocycles. The number of fused-ring (bicyclic) bond motifs is 2. The Bertz CT molecular complexity index is 1010. The van der Waals surface area contributed by atoms with Gasteiger partial charge in [-0.1, -0.05) is 0 Å². The van der Waals surface area contributed by atoms with Crippen LogP contribution in [0.4, 0.5) is 13.2 Å². The molecule has 1 aliphatic rings. The number of hydrogen-bond donors (Lipinski definition) is 2. The summed E-state index contributed by atoms with van der Waals surface area (Å²) in [5.74, 6) is -0.762. The maximum atomic E-state index is 13.0. The highest BCUT2D eigenvalue weighted by atomic mass is 19.4. The average molecular weight is 363 g/mol. The number of hydrogen-bond acceptors (Lipinski definition) is 5. The largest absolute Gasteiger partial charge is 0.467 e. The lowest BCUT2D eigenvalue weighted by molar-refractivity contribution is -0.153. The third-order valence-corrected chi connectivity index (χ3v) is 4.18. The highest BCUT2D eigenvalue weighted by molar-refractivity contribution is 5.99. The van der Waals surface area contributed by atoms with E-state index in [4.69, 9.17) is 4.74 Å². The number of nitrogens with one attached hydrogen (secondary N) is 2. The number of methoxy groups -OCH3 is 1. The first-order chi connectivity index (χ1) is 12.4. The molecule has 0 spiro atoms. The molecule has 134 valence electrons. The number of alkyl halides is 3. The van der Waals surface area contributed by atoms with E-state index >= 15 is 0 Å².